The highest BCUT2D eigenvalue weighted by atomic mass is 32.1. The molecule has 1 saturated carbocycles. The first-order chi connectivity index (χ1) is 11.4. The normalized spacial score (nSPS) is 25.2. The summed E-state index contributed by atoms with van der Waals surface area (Å²) in [6.45, 7) is 6.81. The Morgan fingerprint density at radius 2 is 2.38 bits per heavy atom. The number of carbonyl (C=O) groups excluding carboxylic acids is 1. The fourth-order valence-corrected chi connectivity index (χ4v) is 3.71. The summed E-state index contributed by atoms with van der Waals surface area (Å²) < 4.78 is 11.1. The zero-order valence-corrected chi connectivity index (χ0v) is 15.0. The van der Waals surface area contributed by atoms with Crippen LogP contribution >= 0.6 is 11.3 Å². The molecule has 2 heterocycles. The van der Waals surface area contributed by atoms with E-state index in [4.69, 9.17) is 14.9 Å². The lowest BCUT2D eigenvalue weighted by atomic mass is 9.54. The minimum Gasteiger partial charge on any atom is -0.443 e. The van der Waals surface area contributed by atoms with Crippen LogP contribution in [0.4, 0.5) is 0 Å². The molecule has 6 nitrogen and oxygen atoms in total. The summed E-state index contributed by atoms with van der Waals surface area (Å²) in [6.07, 6.45) is 2.10. The van der Waals surface area contributed by atoms with Gasteiger partial charge >= 0.3 is 0 Å². The van der Waals surface area contributed by atoms with Gasteiger partial charge in [-0.2, -0.15) is 0 Å². The number of nitrogens with one attached hydrogen (secondary N) is 1. The number of amides is 1. The van der Waals surface area contributed by atoms with Gasteiger partial charge in [0, 0.05) is 18.4 Å². The number of ether oxygens (including phenoxy) is 1. The van der Waals surface area contributed by atoms with Crippen LogP contribution in [0.1, 0.15) is 32.9 Å². The monoisotopic (exact) mass is 349 g/mol. The largest absolute Gasteiger partial charge is 0.443 e. The van der Waals surface area contributed by atoms with E-state index in [0.29, 0.717) is 31.2 Å². The molecule has 0 radical (unpaired) electrons. The summed E-state index contributed by atoms with van der Waals surface area (Å²) in [5.74, 6) is 0.390. The van der Waals surface area contributed by atoms with Gasteiger partial charge in [0.05, 0.1) is 23.2 Å². The molecule has 2 unspecified atom stereocenters. The maximum absolute atomic E-state index is 12.6. The summed E-state index contributed by atoms with van der Waals surface area (Å²) in [5, 5.41) is 4.84. The molecule has 2 atom stereocenters. The number of nitrogens with zero attached hydrogens (tertiary/aromatic N) is 1. The molecule has 2 aromatic heterocycles. The van der Waals surface area contributed by atoms with Crippen molar-refractivity contribution >= 4 is 17.2 Å². The molecular weight excluding hydrogens is 326 g/mol. The predicted octanol–water partition coefficient (Wildman–Crippen LogP) is 2.55. The maximum Gasteiger partial charge on any atom is 0.241 e. The minimum atomic E-state index is -0.923. The summed E-state index contributed by atoms with van der Waals surface area (Å²) in [5.41, 5.74) is 5.70. The standard InChI is InChI=1S/C17H23N3O3S/c1-4-22-13-8-17(18,16(13,2)3)15(21)19-9-11-10-23-14(20-11)12-6-5-7-24-12/h5-7,10,13H,4,8-9,18H2,1-3H3,(H,19,21). The van der Waals surface area contributed by atoms with Crippen LogP contribution in [-0.4, -0.2) is 29.1 Å². The number of aromatic nitrogens is 1. The van der Waals surface area contributed by atoms with Gasteiger partial charge in [-0.05, 0) is 18.4 Å². The second-order valence-electron chi connectivity index (χ2n) is 6.65. The van der Waals surface area contributed by atoms with E-state index < -0.39 is 11.0 Å². The molecule has 1 aliphatic carbocycles. The number of rotatable bonds is 6. The Kier molecular flexibility index (Phi) is 4.50. The highest BCUT2D eigenvalue weighted by Gasteiger charge is 2.62. The fraction of sp³-hybridized carbons (Fsp3) is 0.529. The lowest BCUT2D eigenvalue weighted by Crippen LogP contribution is -2.75. The van der Waals surface area contributed by atoms with Crippen molar-refractivity contribution in [3.63, 3.8) is 0 Å². The van der Waals surface area contributed by atoms with E-state index in [1.54, 1.807) is 17.6 Å². The molecule has 1 amide bonds. The molecule has 3 N–H and O–H groups in total. The summed E-state index contributed by atoms with van der Waals surface area (Å²) in [6, 6.07) is 3.88. The third-order valence-electron chi connectivity index (χ3n) is 4.95. The Morgan fingerprint density at radius 1 is 1.58 bits per heavy atom. The van der Waals surface area contributed by atoms with Crippen LogP contribution in [0.15, 0.2) is 28.2 Å². The van der Waals surface area contributed by atoms with E-state index in [9.17, 15) is 4.79 Å². The molecule has 3 rings (SSSR count). The van der Waals surface area contributed by atoms with E-state index in [0.717, 1.165) is 4.88 Å². The number of oxazole rings is 1. The van der Waals surface area contributed by atoms with Crippen molar-refractivity contribution in [1.29, 1.82) is 0 Å². The van der Waals surface area contributed by atoms with Crippen LogP contribution in [0.5, 0.6) is 0 Å². The van der Waals surface area contributed by atoms with Crippen molar-refractivity contribution in [2.75, 3.05) is 6.61 Å². The third-order valence-corrected chi connectivity index (χ3v) is 5.81. The molecule has 0 saturated heterocycles. The van der Waals surface area contributed by atoms with Gasteiger partial charge in [0.15, 0.2) is 0 Å². The Morgan fingerprint density at radius 3 is 3.00 bits per heavy atom. The van der Waals surface area contributed by atoms with Crippen LogP contribution in [0.3, 0.4) is 0 Å². The number of hydrogen-bond acceptors (Lipinski definition) is 6. The zero-order chi connectivity index (χ0) is 17.4. The number of thiophene rings is 1. The minimum absolute atomic E-state index is 0.00994. The van der Waals surface area contributed by atoms with E-state index in [1.165, 1.54) is 0 Å². The Bertz CT molecular complexity index is 710. The lowest BCUT2D eigenvalue weighted by molar-refractivity contribution is -0.170. The van der Waals surface area contributed by atoms with Crippen molar-refractivity contribution in [2.45, 2.75) is 45.4 Å². The van der Waals surface area contributed by atoms with E-state index in [-0.39, 0.29) is 12.0 Å². The highest BCUT2D eigenvalue weighted by Crippen LogP contribution is 2.49. The number of carbonyl (C=O) groups is 1. The van der Waals surface area contributed by atoms with Crippen molar-refractivity contribution in [1.82, 2.24) is 10.3 Å². The first-order valence-corrected chi connectivity index (χ1v) is 8.93. The third kappa shape index (κ3) is 2.76. The SMILES string of the molecule is CCOC1CC(N)(C(=O)NCc2coc(-c3cccs3)n2)C1(C)C. The number of hydrogen-bond donors (Lipinski definition) is 2. The van der Waals surface area contributed by atoms with Crippen LogP contribution in [0.2, 0.25) is 0 Å². The van der Waals surface area contributed by atoms with Crippen molar-refractivity contribution in [3.8, 4) is 10.8 Å². The molecule has 7 heteroatoms. The first kappa shape index (κ1) is 17.1. The van der Waals surface area contributed by atoms with Crippen LogP contribution in [-0.2, 0) is 16.1 Å². The number of nitrogens with two attached hydrogens (primary N) is 1. The van der Waals surface area contributed by atoms with Crippen molar-refractivity contribution in [3.05, 3.63) is 29.5 Å². The molecular formula is C17H23N3O3S. The molecule has 24 heavy (non-hydrogen) atoms. The molecule has 0 bridgehead atoms. The summed E-state index contributed by atoms with van der Waals surface area (Å²) >= 11 is 1.56. The average molecular weight is 349 g/mol. The Hall–Kier alpha value is -1.70. The molecule has 1 fully saturated rings. The molecule has 0 aromatic carbocycles. The van der Waals surface area contributed by atoms with E-state index >= 15 is 0 Å². The smallest absolute Gasteiger partial charge is 0.241 e. The molecule has 0 aliphatic heterocycles. The average Bonchev–Trinajstić information content (AvgIpc) is 3.23. The molecule has 1 aliphatic rings. The van der Waals surface area contributed by atoms with Gasteiger partial charge in [-0.3, -0.25) is 4.79 Å². The molecule has 130 valence electrons. The second kappa shape index (κ2) is 6.31. The van der Waals surface area contributed by atoms with Crippen LogP contribution in [0.25, 0.3) is 10.8 Å². The van der Waals surface area contributed by atoms with Crippen LogP contribution in [0, 0.1) is 5.41 Å². The van der Waals surface area contributed by atoms with E-state index in [2.05, 4.69) is 10.3 Å². The van der Waals surface area contributed by atoms with Crippen molar-refractivity contribution in [2.24, 2.45) is 11.1 Å². The predicted molar refractivity (Wildman–Crippen MR) is 92.4 cm³/mol. The van der Waals surface area contributed by atoms with E-state index in [1.807, 2.05) is 38.3 Å². The maximum atomic E-state index is 12.6. The first-order valence-electron chi connectivity index (χ1n) is 8.05. The van der Waals surface area contributed by atoms with Gasteiger partial charge in [-0.25, -0.2) is 4.98 Å². The summed E-state index contributed by atoms with van der Waals surface area (Å²) in [7, 11) is 0. The topological polar surface area (TPSA) is 90.4 Å². The van der Waals surface area contributed by atoms with Crippen LogP contribution < -0.4 is 11.1 Å². The van der Waals surface area contributed by atoms with Gasteiger partial charge in [-0.1, -0.05) is 19.9 Å². The lowest BCUT2D eigenvalue weighted by Gasteiger charge is -2.57. The zero-order valence-electron chi connectivity index (χ0n) is 14.2. The van der Waals surface area contributed by atoms with Gasteiger partial charge in [0.1, 0.15) is 11.8 Å². The van der Waals surface area contributed by atoms with Gasteiger partial charge < -0.3 is 20.2 Å². The van der Waals surface area contributed by atoms with Crippen molar-refractivity contribution < 1.29 is 13.9 Å². The summed E-state index contributed by atoms with van der Waals surface area (Å²) in [4.78, 5) is 17.9. The quantitative estimate of drug-likeness (QED) is 0.836. The Labute approximate surface area is 145 Å². The van der Waals surface area contributed by atoms with Gasteiger partial charge in [-0.15, -0.1) is 11.3 Å². The Balaban J connectivity index is 1.60. The highest BCUT2D eigenvalue weighted by molar-refractivity contribution is 7.13. The molecule has 0 spiro atoms. The fourth-order valence-electron chi connectivity index (χ4n) is 3.05. The van der Waals surface area contributed by atoms with Gasteiger partial charge in [0.25, 0.3) is 0 Å². The second-order valence-corrected chi connectivity index (χ2v) is 7.59. The molecule has 2 aromatic rings. The van der Waals surface area contributed by atoms with Gasteiger partial charge in [0.2, 0.25) is 11.8 Å².